The van der Waals surface area contributed by atoms with Gasteiger partial charge in [-0.2, -0.15) is 4.31 Å². The van der Waals surface area contributed by atoms with Gasteiger partial charge < -0.3 is 4.90 Å². The molecule has 0 radical (unpaired) electrons. The molecule has 0 aromatic heterocycles. The number of amides is 2. The number of rotatable bonds is 5. The third-order valence-electron chi connectivity index (χ3n) is 5.52. The van der Waals surface area contributed by atoms with E-state index < -0.39 is 21.8 Å². The highest BCUT2D eigenvalue weighted by atomic mass is 35.5. The molecule has 0 saturated carbocycles. The maximum absolute atomic E-state index is 12.8. The number of anilines is 1. The van der Waals surface area contributed by atoms with Crippen LogP contribution in [0, 0.1) is 6.92 Å². The molecule has 2 aliphatic rings. The molecule has 9 heteroatoms. The van der Waals surface area contributed by atoms with E-state index in [0.29, 0.717) is 42.3 Å². The number of benzene rings is 2. The minimum absolute atomic E-state index is 0.154. The molecule has 1 fully saturated rings. The molecule has 158 valence electrons. The number of sulfonamides is 1. The highest BCUT2D eigenvalue weighted by Gasteiger charge is 2.37. The summed E-state index contributed by atoms with van der Waals surface area (Å²) in [5, 5.41) is 0.634. The van der Waals surface area contributed by atoms with E-state index in [9.17, 15) is 18.0 Å². The van der Waals surface area contributed by atoms with Gasteiger partial charge in [0.1, 0.15) is 0 Å². The van der Waals surface area contributed by atoms with E-state index in [1.165, 1.54) is 4.31 Å². The first kappa shape index (κ1) is 20.8. The Morgan fingerprint density at radius 1 is 0.933 bits per heavy atom. The number of carbonyl (C=O) groups is 2. The number of para-hydroxylation sites is 1. The molecule has 0 spiro atoms. The summed E-state index contributed by atoms with van der Waals surface area (Å²) in [5.41, 5.74) is 2.43. The second-order valence-electron chi connectivity index (χ2n) is 7.46. The lowest BCUT2D eigenvalue weighted by atomic mass is 10.1. The van der Waals surface area contributed by atoms with Gasteiger partial charge in [0.25, 0.3) is 11.8 Å². The van der Waals surface area contributed by atoms with Crippen molar-refractivity contribution in [3.05, 3.63) is 64.2 Å². The summed E-state index contributed by atoms with van der Waals surface area (Å²) in [7, 11) is -3.60. The fraction of sp³-hybridized carbons (Fsp3) is 0.333. The molecular weight excluding hydrogens is 426 g/mol. The average molecular weight is 448 g/mol. The van der Waals surface area contributed by atoms with Crippen molar-refractivity contribution >= 4 is 39.1 Å². The van der Waals surface area contributed by atoms with Crippen LogP contribution < -0.4 is 4.90 Å². The lowest BCUT2D eigenvalue weighted by Gasteiger charge is -2.36. The monoisotopic (exact) mass is 447 g/mol. The zero-order valence-electron chi connectivity index (χ0n) is 16.5. The Hall–Kier alpha value is -2.42. The zero-order valence-corrected chi connectivity index (χ0v) is 18.1. The van der Waals surface area contributed by atoms with Gasteiger partial charge in [-0.1, -0.05) is 35.4 Å². The van der Waals surface area contributed by atoms with Gasteiger partial charge in [0.2, 0.25) is 10.0 Å². The van der Waals surface area contributed by atoms with Crippen LogP contribution in [-0.4, -0.2) is 67.9 Å². The van der Waals surface area contributed by atoms with E-state index in [1.54, 1.807) is 18.2 Å². The van der Waals surface area contributed by atoms with Crippen LogP contribution in [0.1, 0.15) is 26.3 Å². The highest BCUT2D eigenvalue weighted by Crippen LogP contribution is 2.27. The van der Waals surface area contributed by atoms with Gasteiger partial charge in [-0.05, 0) is 31.2 Å². The number of fused-ring (bicyclic) bond motifs is 1. The van der Waals surface area contributed by atoms with E-state index >= 15 is 0 Å². The highest BCUT2D eigenvalue weighted by molar-refractivity contribution is 7.89. The van der Waals surface area contributed by atoms with Crippen molar-refractivity contribution < 1.29 is 18.0 Å². The molecule has 4 rings (SSSR count). The smallest absolute Gasteiger partial charge is 0.261 e. The first-order valence-electron chi connectivity index (χ1n) is 9.72. The normalized spacial score (nSPS) is 17.5. The Morgan fingerprint density at radius 2 is 1.60 bits per heavy atom. The van der Waals surface area contributed by atoms with Crippen molar-refractivity contribution in [1.29, 1.82) is 0 Å². The number of imide groups is 1. The Bertz CT molecular complexity index is 1110. The minimum Gasteiger partial charge on any atom is -0.368 e. The fourth-order valence-electron chi connectivity index (χ4n) is 3.86. The van der Waals surface area contributed by atoms with E-state index in [0.717, 1.165) is 16.2 Å². The molecule has 0 N–H and O–H groups in total. The van der Waals surface area contributed by atoms with Gasteiger partial charge >= 0.3 is 0 Å². The topological polar surface area (TPSA) is 78.0 Å². The van der Waals surface area contributed by atoms with Crippen LogP contribution in [-0.2, 0) is 10.0 Å². The standard InChI is InChI=1S/C21H22ClN3O4S/c1-15-6-7-16-17(14-15)21(27)25(20(16)26)12-13-30(28,29)24-10-8-23(9-11-24)19-5-3-2-4-18(19)22/h2-7,14H,8-13H2,1H3. The van der Waals surface area contributed by atoms with Crippen molar-refractivity contribution in [2.75, 3.05) is 43.4 Å². The largest absolute Gasteiger partial charge is 0.368 e. The third kappa shape index (κ3) is 3.82. The molecule has 7 nitrogen and oxygen atoms in total. The SMILES string of the molecule is Cc1ccc2c(c1)C(=O)N(CCS(=O)(=O)N1CCN(c3ccccc3Cl)CC1)C2=O. The van der Waals surface area contributed by atoms with Gasteiger partial charge in [0.15, 0.2) is 0 Å². The van der Waals surface area contributed by atoms with Crippen molar-refractivity contribution in [3.63, 3.8) is 0 Å². The van der Waals surface area contributed by atoms with Gasteiger partial charge in [-0.15, -0.1) is 0 Å². The molecule has 2 amide bonds. The number of carbonyl (C=O) groups excluding carboxylic acids is 2. The second kappa shape index (κ2) is 8.02. The van der Waals surface area contributed by atoms with E-state index in [2.05, 4.69) is 4.90 Å². The van der Waals surface area contributed by atoms with Crippen LogP contribution in [0.4, 0.5) is 5.69 Å². The van der Waals surface area contributed by atoms with Gasteiger partial charge in [0, 0.05) is 32.7 Å². The summed E-state index contributed by atoms with van der Waals surface area (Å²) in [5.74, 6) is -1.16. The molecule has 2 heterocycles. The number of hydrogen-bond donors (Lipinski definition) is 0. The Kier molecular flexibility index (Phi) is 5.57. The summed E-state index contributed by atoms with van der Waals surface area (Å²) in [4.78, 5) is 28.2. The summed E-state index contributed by atoms with van der Waals surface area (Å²) in [6, 6.07) is 12.5. The second-order valence-corrected chi connectivity index (χ2v) is 9.96. The molecule has 0 aliphatic carbocycles. The summed E-state index contributed by atoms with van der Waals surface area (Å²) < 4.78 is 27.1. The van der Waals surface area contributed by atoms with Gasteiger partial charge in [-0.3, -0.25) is 14.5 Å². The number of nitrogens with zero attached hydrogens (tertiary/aromatic N) is 3. The summed E-state index contributed by atoms with van der Waals surface area (Å²) in [6.45, 7) is 3.39. The van der Waals surface area contributed by atoms with Gasteiger partial charge in [-0.25, -0.2) is 8.42 Å². The quantitative estimate of drug-likeness (QED) is 0.658. The molecular formula is C21H22ClN3O4S. The van der Waals surface area contributed by atoms with Crippen LogP contribution in [0.15, 0.2) is 42.5 Å². The lowest BCUT2D eigenvalue weighted by Crippen LogP contribution is -2.50. The van der Waals surface area contributed by atoms with Crippen LogP contribution in [0.2, 0.25) is 5.02 Å². The molecule has 2 aromatic rings. The molecule has 0 unspecified atom stereocenters. The maximum Gasteiger partial charge on any atom is 0.261 e. The minimum atomic E-state index is -3.60. The van der Waals surface area contributed by atoms with Gasteiger partial charge in [0.05, 0.1) is 27.6 Å². The molecule has 2 aliphatic heterocycles. The lowest BCUT2D eigenvalue weighted by molar-refractivity contribution is 0.0663. The van der Waals surface area contributed by atoms with E-state index in [4.69, 9.17) is 11.6 Å². The summed E-state index contributed by atoms with van der Waals surface area (Å²) >= 11 is 6.24. The Labute approximate surface area is 180 Å². The predicted molar refractivity (Wildman–Crippen MR) is 116 cm³/mol. The number of piperazine rings is 1. The van der Waals surface area contributed by atoms with Crippen LogP contribution in [0.3, 0.4) is 0 Å². The number of halogens is 1. The summed E-state index contributed by atoms with van der Waals surface area (Å²) in [6.07, 6.45) is 0. The first-order valence-corrected chi connectivity index (χ1v) is 11.7. The first-order chi connectivity index (χ1) is 14.3. The van der Waals surface area contributed by atoms with Crippen LogP contribution in [0.5, 0.6) is 0 Å². The molecule has 0 bridgehead atoms. The Morgan fingerprint density at radius 3 is 2.30 bits per heavy atom. The maximum atomic E-state index is 12.8. The molecule has 0 atom stereocenters. The average Bonchev–Trinajstić information content (AvgIpc) is 2.96. The molecule has 2 aromatic carbocycles. The van der Waals surface area contributed by atoms with Crippen molar-refractivity contribution in [2.24, 2.45) is 0 Å². The molecule has 1 saturated heterocycles. The van der Waals surface area contributed by atoms with Crippen LogP contribution in [0.25, 0.3) is 0 Å². The number of hydrogen-bond acceptors (Lipinski definition) is 5. The van der Waals surface area contributed by atoms with E-state index in [-0.39, 0.29) is 12.3 Å². The zero-order chi connectivity index (χ0) is 21.5. The van der Waals surface area contributed by atoms with Crippen molar-refractivity contribution in [1.82, 2.24) is 9.21 Å². The van der Waals surface area contributed by atoms with Crippen molar-refractivity contribution in [3.8, 4) is 0 Å². The predicted octanol–water partition coefficient (Wildman–Crippen LogP) is 2.40. The number of aryl methyl sites for hydroxylation is 1. The van der Waals surface area contributed by atoms with E-state index in [1.807, 2.05) is 31.2 Å². The van der Waals surface area contributed by atoms with Crippen molar-refractivity contribution in [2.45, 2.75) is 6.92 Å². The fourth-order valence-corrected chi connectivity index (χ4v) is 5.51. The third-order valence-corrected chi connectivity index (χ3v) is 7.69. The molecule has 30 heavy (non-hydrogen) atoms. The van der Waals surface area contributed by atoms with Crippen LogP contribution >= 0.6 is 11.6 Å². The Balaban J connectivity index is 1.38.